The molecule has 0 radical (unpaired) electrons. The minimum absolute atomic E-state index is 0.684. The molecule has 0 aliphatic carbocycles. The Morgan fingerprint density at radius 1 is 0.875 bits per heavy atom. The molecule has 0 bridgehead atoms. The third-order valence-electron chi connectivity index (χ3n) is 2.90. The first-order valence-electron chi connectivity index (χ1n) is 5.29. The van der Waals surface area contributed by atoms with Crippen LogP contribution in [-0.4, -0.2) is 0 Å². The van der Waals surface area contributed by atoms with Gasteiger partial charge in [-0.25, -0.2) is 0 Å². The second-order valence-corrected chi connectivity index (χ2v) is 4.78. The molecule has 2 aromatic carbocycles. The molecule has 2 heteroatoms. The summed E-state index contributed by atoms with van der Waals surface area (Å²) in [4.78, 5) is 0. The van der Waals surface area contributed by atoms with E-state index in [0.717, 1.165) is 4.47 Å². The fraction of sp³-hybridized carbons (Fsp3) is 0.143. The minimum Gasteiger partial charge on any atom is -0.372 e. The van der Waals surface area contributed by atoms with Crippen LogP contribution in [0.1, 0.15) is 11.1 Å². The summed E-state index contributed by atoms with van der Waals surface area (Å²) >= 11 is 3.63. The maximum absolute atomic E-state index is 5.68. The van der Waals surface area contributed by atoms with Gasteiger partial charge in [0, 0.05) is 10.0 Å². The van der Waals surface area contributed by atoms with Crippen LogP contribution in [0.3, 0.4) is 0 Å². The number of rotatable bonds is 0. The lowest BCUT2D eigenvalue weighted by Gasteiger charge is -2.09. The van der Waals surface area contributed by atoms with E-state index in [1.165, 1.54) is 22.3 Å². The van der Waals surface area contributed by atoms with Gasteiger partial charge in [0.1, 0.15) is 0 Å². The maximum atomic E-state index is 5.68. The van der Waals surface area contributed by atoms with E-state index in [1.807, 2.05) is 0 Å². The summed E-state index contributed by atoms with van der Waals surface area (Å²) in [6.07, 6.45) is 0. The van der Waals surface area contributed by atoms with Crippen molar-refractivity contribution in [2.75, 3.05) is 0 Å². The van der Waals surface area contributed by atoms with Crippen molar-refractivity contribution in [3.63, 3.8) is 0 Å². The van der Waals surface area contributed by atoms with E-state index < -0.39 is 0 Å². The van der Waals surface area contributed by atoms with Crippen molar-refractivity contribution in [3.8, 4) is 11.1 Å². The SMILES string of the molecule is Brc1cccc2c1-c1ccccc1COC2. The molecule has 0 atom stereocenters. The molecule has 1 aliphatic rings. The molecular formula is C14H11BrO. The molecule has 0 fully saturated rings. The van der Waals surface area contributed by atoms with Crippen LogP contribution < -0.4 is 0 Å². The summed E-state index contributed by atoms with van der Waals surface area (Å²) < 4.78 is 6.82. The van der Waals surface area contributed by atoms with E-state index in [4.69, 9.17) is 4.74 Å². The van der Waals surface area contributed by atoms with Crippen LogP contribution in [-0.2, 0) is 18.0 Å². The van der Waals surface area contributed by atoms with E-state index in [9.17, 15) is 0 Å². The van der Waals surface area contributed by atoms with E-state index in [2.05, 4.69) is 58.4 Å². The van der Waals surface area contributed by atoms with Gasteiger partial charge >= 0.3 is 0 Å². The lowest BCUT2D eigenvalue weighted by atomic mass is 9.97. The lowest BCUT2D eigenvalue weighted by molar-refractivity contribution is 0.110. The van der Waals surface area contributed by atoms with Crippen LogP contribution in [0.25, 0.3) is 11.1 Å². The third-order valence-corrected chi connectivity index (χ3v) is 3.56. The molecule has 1 nitrogen and oxygen atoms in total. The van der Waals surface area contributed by atoms with Crippen molar-refractivity contribution >= 4 is 15.9 Å². The fourth-order valence-electron chi connectivity index (χ4n) is 2.15. The van der Waals surface area contributed by atoms with Crippen LogP contribution in [0.4, 0.5) is 0 Å². The Balaban J connectivity index is 2.32. The third kappa shape index (κ3) is 1.58. The number of ether oxygens (including phenoxy) is 1. The second kappa shape index (κ2) is 4.04. The Bertz CT molecular complexity index is 534. The summed E-state index contributed by atoms with van der Waals surface area (Å²) in [6.45, 7) is 1.38. The smallest absolute Gasteiger partial charge is 0.0727 e. The van der Waals surface area contributed by atoms with Gasteiger partial charge in [0.2, 0.25) is 0 Å². The zero-order chi connectivity index (χ0) is 11.0. The summed E-state index contributed by atoms with van der Waals surface area (Å²) in [7, 11) is 0. The molecule has 0 amide bonds. The van der Waals surface area contributed by atoms with Crippen molar-refractivity contribution in [3.05, 3.63) is 58.1 Å². The summed E-state index contributed by atoms with van der Waals surface area (Å²) in [5, 5.41) is 0. The molecule has 1 aliphatic heterocycles. The Hall–Kier alpha value is -1.12. The Morgan fingerprint density at radius 3 is 2.56 bits per heavy atom. The molecule has 3 rings (SSSR count). The van der Waals surface area contributed by atoms with Crippen molar-refractivity contribution < 1.29 is 4.74 Å². The zero-order valence-electron chi connectivity index (χ0n) is 8.74. The first kappa shape index (κ1) is 10.1. The highest BCUT2D eigenvalue weighted by atomic mass is 79.9. The fourth-order valence-corrected chi connectivity index (χ4v) is 2.77. The average molecular weight is 275 g/mol. The second-order valence-electron chi connectivity index (χ2n) is 3.92. The van der Waals surface area contributed by atoms with E-state index in [-0.39, 0.29) is 0 Å². The highest BCUT2D eigenvalue weighted by Crippen LogP contribution is 2.36. The van der Waals surface area contributed by atoms with Crippen molar-refractivity contribution in [1.82, 2.24) is 0 Å². The van der Waals surface area contributed by atoms with Gasteiger partial charge in [-0.1, -0.05) is 52.3 Å². The van der Waals surface area contributed by atoms with Gasteiger partial charge in [0.05, 0.1) is 13.2 Å². The molecule has 0 unspecified atom stereocenters. The van der Waals surface area contributed by atoms with Crippen LogP contribution in [0.5, 0.6) is 0 Å². The normalized spacial score (nSPS) is 13.8. The first-order chi connectivity index (χ1) is 7.86. The molecule has 0 saturated carbocycles. The summed E-state index contributed by atoms with van der Waals surface area (Å²) in [5.74, 6) is 0. The Morgan fingerprint density at radius 2 is 1.62 bits per heavy atom. The highest BCUT2D eigenvalue weighted by Gasteiger charge is 2.15. The van der Waals surface area contributed by atoms with Gasteiger partial charge in [-0.15, -0.1) is 0 Å². The van der Waals surface area contributed by atoms with Crippen LogP contribution in [0.15, 0.2) is 46.9 Å². The number of fused-ring (bicyclic) bond motifs is 3. The summed E-state index contributed by atoms with van der Waals surface area (Å²) in [6, 6.07) is 14.7. The number of hydrogen-bond acceptors (Lipinski definition) is 1. The van der Waals surface area contributed by atoms with E-state index in [1.54, 1.807) is 0 Å². The van der Waals surface area contributed by atoms with Gasteiger partial charge in [-0.2, -0.15) is 0 Å². The molecule has 0 saturated heterocycles. The van der Waals surface area contributed by atoms with Crippen molar-refractivity contribution in [2.24, 2.45) is 0 Å². The van der Waals surface area contributed by atoms with Crippen LogP contribution in [0, 0.1) is 0 Å². The van der Waals surface area contributed by atoms with E-state index >= 15 is 0 Å². The van der Waals surface area contributed by atoms with Gasteiger partial charge in [-0.3, -0.25) is 0 Å². The largest absolute Gasteiger partial charge is 0.372 e. The number of benzene rings is 2. The molecule has 16 heavy (non-hydrogen) atoms. The van der Waals surface area contributed by atoms with Crippen molar-refractivity contribution in [1.29, 1.82) is 0 Å². The standard InChI is InChI=1S/C14H11BrO/c15-13-7-3-5-11-9-16-8-10-4-1-2-6-12(10)14(11)13/h1-7H,8-9H2. The molecular weight excluding hydrogens is 264 g/mol. The predicted molar refractivity (Wildman–Crippen MR) is 68.1 cm³/mol. The van der Waals surface area contributed by atoms with E-state index in [0.29, 0.717) is 13.2 Å². The molecule has 0 N–H and O–H groups in total. The molecule has 2 aromatic rings. The van der Waals surface area contributed by atoms with Gasteiger partial charge < -0.3 is 4.74 Å². The molecule has 1 heterocycles. The highest BCUT2D eigenvalue weighted by molar-refractivity contribution is 9.10. The van der Waals surface area contributed by atoms with Gasteiger partial charge in [0.25, 0.3) is 0 Å². The summed E-state index contributed by atoms with van der Waals surface area (Å²) in [5.41, 5.74) is 5.06. The lowest BCUT2D eigenvalue weighted by Crippen LogP contribution is -1.89. The Kier molecular flexibility index (Phi) is 2.54. The van der Waals surface area contributed by atoms with Crippen molar-refractivity contribution in [2.45, 2.75) is 13.2 Å². The topological polar surface area (TPSA) is 9.23 Å². The average Bonchev–Trinajstić information content (AvgIpc) is 2.49. The van der Waals surface area contributed by atoms with Gasteiger partial charge in [-0.05, 0) is 22.8 Å². The maximum Gasteiger partial charge on any atom is 0.0727 e. The van der Waals surface area contributed by atoms with Gasteiger partial charge in [0.15, 0.2) is 0 Å². The number of hydrogen-bond donors (Lipinski definition) is 0. The molecule has 0 aromatic heterocycles. The Labute approximate surface area is 103 Å². The zero-order valence-corrected chi connectivity index (χ0v) is 10.3. The quantitative estimate of drug-likeness (QED) is 0.702. The monoisotopic (exact) mass is 274 g/mol. The predicted octanol–water partition coefficient (Wildman–Crippen LogP) is 4.15. The number of halogens is 1. The molecule has 0 spiro atoms. The minimum atomic E-state index is 0.684. The van der Waals surface area contributed by atoms with Crippen LogP contribution in [0.2, 0.25) is 0 Å². The van der Waals surface area contributed by atoms with Crippen LogP contribution >= 0.6 is 15.9 Å². The first-order valence-corrected chi connectivity index (χ1v) is 6.09. The molecule has 80 valence electrons.